The summed E-state index contributed by atoms with van der Waals surface area (Å²) in [5, 5.41) is 5.79. The van der Waals surface area contributed by atoms with Crippen LogP contribution in [-0.4, -0.2) is 24.0 Å². The number of carbonyl (C=O) groups excluding carboxylic acids is 2. The van der Waals surface area contributed by atoms with Crippen LogP contribution < -0.4 is 26.2 Å². The minimum Gasteiger partial charge on any atom is -0.495 e. The van der Waals surface area contributed by atoms with Crippen LogP contribution in [0.2, 0.25) is 5.02 Å². The number of alkyl halides is 3. The van der Waals surface area contributed by atoms with Crippen molar-refractivity contribution in [2.24, 2.45) is 0 Å². The number of benzene rings is 3. The molecule has 0 heterocycles. The Morgan fingerprint density at radius 2 is 1.57 bits per heavy atom. The number of halogens is 4. The fraction of sp³-hybridized carbons (Fsp3) is 0.0870. The van der Waals surface area contributed by atoms with E-state index in [9.17, 15) is 22.8 Å². The van der Waals surface area contributed by atoms with E-state index in [0.29, 0.717) is 10.7 Å². The van der Waals surface area contributed by atoms with Gasteiger partial charge in [0, 0.05) is 11.1 Å². The molecule has 0 atom stereocenters. The number of amides is 2. The van der Waals surface area contributed by atoms with Crippen molar-refractivity contribution < 1.29 is 27.5 Å². The molecule has 35 heavy (non-hydrogen) atoms. The Hall–Kier alpha value is -3.83. The molecule has 0 aliphatic heterocycles. The van der Waals surface area contributed by atoms with E-state index in [0.717, 1.165) is 18.2 Å². The fourth-order valence-electron chi connectivity index (χ4n) is 2.88. The molecule has 0 aromatic heterocycles. The molecule has 0 spiro atoms. The number of rotatable bonds is 5. The smallest absolute Gasteiger partial charge is 0.416 e. The molecular weight excluding hydrogens is 505 g/mol. The van der Waals surface area contributed by atoms with Crippen molar-refractivity contribution in [3.8, 4) is 5.75 Å². The standard InChI is InChI=1S/C23H18ClF3N4O3S/c1-34-19-10-9-14(21(33)30-31-22(35)29-17-8-3-2-7-16(17)24)12-18(19)28-20(32)13-5-4-6-15(11-13)23(25,26)27/h2-12H,1H3,(H,28,32)(H,30,33)(H2,29,31,35). The van der Waals surface area contributed by atoms with E-state index in [4.69, 9.17) is 28.6 Å². The summed E-state index contributed by atoms with van der Waals surface area (Å²) in [6, 6.07) is 15.0. The van der Waals surface area contributed by atoms with Crippen molar-refractivity contribution in [3.63, 3.8) is 0 Å². The molecule has 3 aromatic carbocycles. The summed E-state index contributed by atoms with van der Waals surface area (Å²) in [7, 11) is 1.34. The van der Waals surface area contributed by atoms with Crippen LogP contribution in [0.25, 0.3) is 0 Å². The number of hydrogen-bond donors (Lipinski definition) is 4. The molecule has 0 aliphatic carbocycles. The van der Waals surface area contributed by atoms with E-state index in [1.165, 1.54) is 31.4 Å². The molecule has 7 nitrogen and oxygen atoms in total. The average Bonchev–Trinajstić information content (AvgIpc) is 2.83. The normalized spacial score (nSPS) is 10.8. The maximum absolute atomic E-state index is 13.0. The van der Waals surface area contributed by atoms with Crippen LogP contribution >= 0.6 is 23.8 Å². The van der Waals surface area contributed by atoms with E-state index < -0.39 is 23.6 Å². The third-order valence-corrected chi connectivity index (χ3v) is 5.11. The molecule has 12 heteroatoms. The third-order valence-electron chi connectivity index (χ3n) is 4.57. The first-order valence-electron chi connectivity index (χ1n) is 9.87. The van der Waals surface area contributed by atoms with E-state index in [1.807, 2.05) is 0 Å². The molecule has 0 fully saturated rings. The lowest BCUT2D eigenvalue weighted by atomic mass is 10.1. The zero-order valence-electron chi connectivity index (χ0n) is 18.0. The first kappa shape index (κ1) is 25.8. The molecule has 2 amide bonds. The average molecular weight is 523 g/mol. The lowest BCUT2D eigenvalue weighted by molar-refractivity contribution is -0.137. The molecule has 3 rings (SSSR count). The van der Waals surface area contributed by atoms with E-state index >= 15 is 0 Å². The minimum absolute atomic E-state index is 0.0676. The van der Waals surface area contributed by atoms with Crippen LogP contribution in [0, 0.1) is 0 Å². The molecule has 0 aliphatic rings. The molecule has 0 bridgehead atoms. The van der Waals surface area contributed by atoms with Crippen molar-refractivity contribution in [2.45, 2.75) is 6.18 Å². The lowest BCUT2D eigenvalue weighted by Gasteiger charge is -2.15. The van der Waals surface area contributed by atoms with Gasteiger partial charge in [-0.3, -0.25) is 20.4 Å². The number of hydrogen-bond acceptors (Lipinski definition) is 4. The van der Waals surface area contributed by atoms with Gasteiger partial charge in [0.1, 0.15) is 5.75 Å². The lowest BCUT2D eigenvalue weighted by Crippen LogP contribution is -2.43. The largest absolute Gasteiger partial charge is 0.495 e. The van der Waals surface area contributed by atoms with Crippen molar-refractivity contribution in [1.29, 1.82) is 0 Å². The van der Waals surface area contributed by atoms with Gasteiger partial charge in [-0.15, -0.1) is 0 Å². The van der Waals surface area contributed by atoms with Gasteiger partial charge < -0.3 is 15.4 Å². The Morgan fingerprint density at radius 1 is 0.857 bits per heavy atom. The fourth-order valence-corrected chi connectivity index (χ4v) is 3.22. The topological polar surface area (TPSA) is 91.5 Å². The summed E-state index contributed by atoms with van der Waals surface area (Å²) < 4.78 is 44.1. The van der Waals surface area contributed by atoms with E-state index in [1.54, 1.807) is 24.3 Å². The number of methoxy groups -OCH3 is 1. The molecule has 0 saturated carbocycles. The Morgan fingerprint density at radius 3 is 2.26 bits per heavy atom. The number of ether oxygens (including phenoxy) is 1. The van der Waals surface area contributed by atoms with Gasteiger partial charge >= 0.3 is 6.18 Å². The SMILES string of the molecule is COc1ccc(C(=O)NNC(=S)Nc2ccccc2Cl)cc1NC(=O)c1cccc(C(F)(F)F)c1. The van der Waals surface area contributed by atoms with Gasteiger partial charge in [-0.2, -0.15) is 13.2 Å². The molecule has 182 valence electrons. The van der Waals surface area contributed by atoms with Crippen LogP contribution in [-0.2, 0) is 6.18 Å². The number of carbonyl (C=O) groups is 2. The second kappa shape index (κ2) is 11.1. The molecule has 0 radical (unpaired) electrons. The van der Waals surface area contributed by atoms with Gasteiger partial charge in [0.25, 0.3) is 11.8 Å². The van der Waals surface area contributed by atoms with Crippen LogP contribution in [0.15, 0.2) is 66.7 Å². The highest BCUT2D eigenvalue weighted by Gasteiger charge is 2.31. The highest BCUT2D eigenvalue weighted by atomic mass is 35.5. The minimum atomic E-state index is -4.60. The summed E-state index contributed by atoms with van der Waals surface area (Å²) in [6.45, 7) is 0. The van der Waals surface area contributed by atoms with Crippen molar-refractivity contribution in [1.82, 2.24) is 10.9 Å². The number of hydrazine groups is 1. The molecule has 3 aromatic rings. The van der Waals surface area contributed by atoms with Crippen LogP contribution in [0.3, 0.4) is 0 Å². The highest BCUT2D eigenvalue weighted by molar-refractivity contribution is 7.80. The van der Waals surface area contributed by atoms with Gasteiger partial charge in [0.15, 0.2) is 5.11 Å². The maximum Gasteiger partial charge on any atom is 0.416 e. The summed E-state index contributed by atoms with van der Waals surface area (Å²) in [5.74, 6) is -1.22. The van der Waals surface area contributed by atoms with Gasteiger partial charge in [0.05, 0.1) is 29.1 Å². The summed E-state index contributed by atoms with van der Waals surface area (Å²) in [5.41, 5.74) is 4.48. The van der Waals surface area contributed by atoms with E-state index in [-0.39, 0.29) is 27.7 Å². The Kier molecular flexibility index (Phi) is 8.15. The number of para-hydroxylation sites is 1. The van der Waals surface area contributed by atoms with Gasteiger partial charge in [-0.05, 0) is 60.7 Å². The summed E-state index contributed by atoms with van der Waals surface area (Å²) in [6.07, 6.45) is -4.60. The van der Waals surface area contributed by atoms with Crippen LogP contribution in [0.4, 0.5) is 24.5 Å². The second-order valence-electron chi connectivity index (χ2n) is 6.96. The monoisotopic (exact) mass is 522 g/mol. The van der Waals surface area contributed by atoms with Crippen molar-refractivity contribution >= 4 is 52.1 Å². The number of thiocarbonyl (C=S) groups is 1. The molecular formula is C23H18ClF3N4O3S. The van der Waals surface area contributed by atoms with Crippen molar-refractivity contribution in [3.05, 3.63) is 88.4 Å². The Bertz CT molecular complexity index is 1270. The summed E-state index contributed by atoms with van der Waals surface area (Å²) >= 11 is 11.2. The number of nitrogens with one attached hydrogen (secondary N) is 4. The van der Waals surface area contributed by atoms with Crippen LogP contribution in [0.1, 0.15) is 26.3 Å². The van der Waals surface area contributed by atoms with Gasteiger partial charge in [-0.25, -0.2) is 0 Å². The van der Waals surface area contributed by atoms with Gasteiger partial charge in [-0.1, -0.05) is 29.8 Å². The van der Waals surface area contributed by atoms with Crippen molar-refractivity contribution in [2.75, 3.05) is 17.7 Å². The Balaban J connectivity index is 1.70. The third kappa shape index (κ3) is 6.84. The van der Waals surface area contributed by atoms with Crippen LogP contribution in [0.5, 0.6) is 5.75 Å². The first-order chi connectivity index (χ1) is 16.6. The van der Waals surface area contributed by atoms with Gasteiger partial charge in [0.2, 0.25) is 0 Å². The maximum atomic E-state index is 13.0. The number of anilines is 2. The summed E-state index contributed by atoms with van der Waals surface area (Å²) in [4.78, 5) is 25.1. The molecule has 0 unspecified atom stereocenters. The molecule has 0 saturated heterocycles. The predicted octanol–water partition coefficient (Wildman–Crippen LogP) is 5.25. The van der Waals surface area contributed by atoms with E-state index in [2.05, 4.69) is 21.5 Å². The zero-order chi connectivity index (χ0) is 25.6. The second-order valence-corrected chi connectivity index (χ2v) is 7.78. The highest BCUT2D eigenvalue weighted by Crippen LogP contribution is 2.30. The Labute approximate surface area is 208 Å². The first-order valence-corrected chi connectivity index (χ1v) is 10.7. The molecule has 4 N–H and O–H groups in total. The quantitative estimate of drug-likeness (QED) is 0.270. The predicted molar refractivity (Wildman–Crippen MR) is 131 cm³/mol. The zero-order valence-corrected chi connectivity index (χ0v) is 19.6.